The Morgan fingerprint density at radius 1 is 0.269 bits per heavy atom. The Morgan fingerprint density at radius 3 is 1.42 bits per heavy atom. The molecule has 13 aromatic rings. The molecule has 0 aliphatic rings. The number of para-hydroxylation sites is 3. The smallest absolute Gasteiger partial charge is 0.136 e. The summed E-state index contributed by atoms with van der Waals surface area (Å²) < 4.78 is 8.63. The van der Waals surface area contributed by atoms with Crippen molar-refractivity contribution in [3.63, 3.8) is 0 Å². The molecule has 0 amide bonds. The first-order chi connectivity index (χ1) is 33.2. The summed E-state index contributed by atoms with van der Waals surface area (Å²) in [6.45, 7) is 0. The zero-order valence-corrected chi connectivity index (χ0v) is 36.6. The molecule has 2 heterocycles. The molecule has 0 unspecified atom stereocenters. The third-order valence-corrected chi connectivity index (χ3v) is 13.4. The van der Waals surface area contributed by atoms with Crippen molar-refractivity contribution in [2.45, 2.75) is 0 Å². The third-order valence-electron chi connectivity index (χ3n) is 13.4. The maximum atomic E-state index is 6.27. The summed E-state index contributed by atoms with van der Waals surface area (Å²) in [6, 6.07) is 92.0. The second kappa shape index (κ2) is 16.0. The second-order valence-corrected chi connectivity index (χ2v) is 17.3. The molecule has 3 heteroatoms. The largest absolute Gasteiger partial charge is 0.456 e. The number of benzene rings is 11. The first-order valence-electron chi connectivity index (χ1n) is 22.9. The van der Waals surface area contributed by atoms with E-state index in [1.165, 1.54) is 60.4 Å². The molecule has 3 nitrogen and oxygen atoms in total. The highest BCUT2D eigenvalue weighted by atomic mass is 16.3. The average molecular weight is 855 g/mol. The number of anilines is 3. The summed E-state index contributed by atoms with van der Waals surface area (Å²) in [5.74, 6) is 0. The molecule has 13 rings (SSSR count). The minimum absolute atomic E-state index is 0.897. The SMILES string of the molecule is c1cc(-c2ccc(N(c3ccc(-c4ccc5c(c4)oc4ccccc45)cc3)c3cccc(-c4ccc5ccccc5c4)c3)cc2)cc(-c2ccc(-n3c4ccccc4c4ccccc43)cc2)c1. The highest BCUT2D eigenvalue weighted by Crippen LogP contribution is 2.40. The molecule has 0 N–H and O–H groups in total. The van der Waals surface area contributed by atoms with E-state index in [4.69, 9.17) is 4.42 Å². The molecule has 0 bridgehead atoms. The number of hydrogen-bond acceptors (Lipinski definition) is 2. The van der Waals surface area contributed by atoms with Gasteiger partial charge in [-0.15, -0.1) is 0 Å². The predicted molar refractivity (Wildman–Crippen MR) is 282 cm³/mol. The second-order valence-electron chi connectivity index (χ2n) is 17.3. The van der Waals surface area contributed by atoms with E-state index in [1.807, 2.05) is 12.1 Å². The van der Waals surface area contributed by atoms with Gasteiger partial charge in [0.05, 0.1) is 11.0 Å². The van der Waals surface area contributed by atoms with Crippen LogP contribution in [0, 0.1) is 0 Å². The molecule has 0 saturated heterocycles. The highest BCUT2D eigenvalue weighted by molar-refractivity contribution is 6.09. The van der Waals surface area contributed by atoms with Crippen molar-refractivity contribution in [1.82, 2.24) is 4.57 Å². The van der Waals surface area contributed by atoms with Crippen LogP contribution in [0.2, 0.25) is 0 Å². The summed E-state index contributed by atoms with van der Waals surface area (Å²) in [5, 5.41) is 7.28. The molecule has 67 heavy (non-hydrogen) atoms. The van der Waals surface area contributed by atoms with Gasteiger partial charge in [0.1, 0.15) is 11.2 Å². The van der Waals surface area contributed by atoms with Gasteiger partial charge in [0.2, 0.25) is 0 Å². The van der Waals surface area contributed by atoms with E-state index in [-0.39, 0.29) is 0 Å². The normalized spacial score (nSPS) is 11.6. The van der Waals surface area contributed by atoms with E-state index in [2.05, 4.69) is 252 Å². The van der Waals surface area contributed by atoms with Crippen LogP contribution < -0.4 is 4.90 Å². The lowest BCUT2D eigenvalue weighted by molar-refractivity contribution is 0.669. The van der Waals surface area contributed by atoms with Crippen molar-refractivity contribution in [3.05, 3.63) is 255 Å². The predicted octanol–water partition coefficient (Wildman–Crippen LogP) is 18.0. The quantitative estimate of drug-likeness (QED) is 0.152. The highest BCUT2D eigenvalue weighted by Gasteiger charge is 2.17. The molecule has 0 aliphatic carbocycles. The molecule has 0 spiro atoms. The maximum absolute atomic E-state index is 6.27. The van der Waals surface area contributed by atoms with Crippen molar-refractivity contribution in [2.75, 3.05) is 4.90 Å². The van der Waals surface area contributed by atoms with Gasteiger partial charge < -0.3 is 13.9 Å². The van der Waals surface area contributed by atoms with Crippen LogP contribution >= 0.6 is 0 Å². The van der Waals surface area contributed by atoms with E-state index in [0.29, 0.717) is 0 Å². The minimum atomic E-state index is 0.897. The molecular formula is C64H42N2O. The lowest BCUT2D eigenvalue weighted by Gasteiger charge is -2.26. The van der Waals surface area contributed by atoms with Gasteiger partial charge in [-0.25, -0.2) is 0 Å². The molecule has 11 aromatic carbocycles. The van der Waals surface area contributed by atoms with Crippen LogP contribution in [-0.4, -0.2) is 4.57 Å². The molecule has 0 saturated carbocycles. The fraction of sp³-hybridized carbons (Fsp3) is 0. The molecule has 0 radical (unpaired) electrons. The first kappa shape index (κ1) is 38.5. The van der Waals surface area contributed by atoms with Crippen LogP contribution in [0.15, 0.2) is 259 Å². The van der Waals surface area contributed by atoms with Gasteiger partial charge in [0.25, 0.3) is 0 Å². The Labute approximate surface area is 388 Å². The number of rotatable bonds is 8. The lowest BCUT2D eigenvalue weighted by atomic mass is 9.98. The Kier molecular flexibility index (Phi) is 9.17. The maximum Gasteiger partial charge on any atom is 0.136 e. The van der Waals surface area contributed by atoms with Crippen molar-refractivity contribution in [3.8, 4) is 50.2 Å². The fourth-order valence-electron chi connectivity index (χ4n) is 10.0. The van der Waals surface area contributed by atoms with Crippen molar-refractivity contribution >= 4 is 71.6 Å². The van der Waals surface area contributed by atoms with E-state index < -0.39 is 0 Å². The van der Waals surface area contributed by atoms with E-state index in [1.54, 1.807) is 0 Å². The first-order valence-corrected chi connectivity index (χ1v) is 22.9. The number of hydrogen-bond donors (Lipinski definition) is 0. The number of nitrogens with zero attached hydrogens (tertiary/aromatic N) is 2. The molecule has 0 fully saturated rings. The fourth-order valence-corrected chi connectivity index (χ4v) is 10.0. The number of aromatic nitrogens is 1. The van der Waals surface area contributed by atoms with Crippen LogP contribution in [0.3, 0.4) is 0 Å². The van der Waals surface area contributed by atoms with Gasteiger partial charge >= 0.3 is 0 Å². The van der Waals surface area contributed by atoms with Gasteiger partial charge in [-0.05, 0) is 146 Å². The molecule has 314 valence electrons. The van der Waals surface area contributed by atoms with Gasteiger partial charge in [-0.2, -0.15) is 0 Å². The zero-order chi connectivity index (χ0) is 44.3. The average Bonchev–Trinajstić information content (AvgIpc) is 3.95. The van der Waals surface area contributed by atoms with Crippen LogP contribution in [0.4, 0.5) is 17.1 Å². The molecule has 2 aromatic heterocycles. The van der Waals surface area contributed by atoms with Crippen LogP contribution in [0.25, 0.3) is 105 Å². The summed E-state index contributed by atoms with van der Waals surface area (Å²) in [6.07, 6.45) is 0. The van der Waals surface area contributed by atoms with Gasteiger partial charge in [-0.3, -0.25) is 0 Å². The summed E-state index contributed by atoms with van der Waals surface area (Å²) in [4.78, 5) is 2.36. The van der Waals surface area contributed by atoms with Crippen molar-refractivity contribution < 1.29 is 4.42 Å². The number of furan rings is 1. The van der Waals surface area contributed by atoms with E-state index in [9.17, 15) is 0 Å². The van der Waals surface area contributed by atoms with Crippen molar-refractivity contribution in [2.24, 2.45) is 0 Å². The standard InChI is InChI=1S/C64H42N2O/c1-2-12-47-40-51(24-23-43(47)11-1)50-15-10-16-56(41-50)65(54-34-27-46(28-35-54)52-31-38-60-59-19-5-8-22-63(59)67-64(60)42-52)53-32-25-44(26-33-53)48-13-9-14-49(39-48)45-29-36-55(37-30-45)66-61-20-6-3-17-57(61)58-18-4-7-21-62(58)66/h1-42H. The Hall–Kier alpha value is -8.92. The van der Waals surface area contributed by atoms with E-state index in [0.717, 1.165) is 61.4 Å². The lowest BCUT2D eigenvalue weighted by Crippen LogP contribution is -2.10. The van der Waals surface area contributed by atoms with Gasteiger partial charge in [-0.1, -0.05) is 164 Å². The topological polar surface area (TPSA) is 21.3 Å². The van der Waals surface area contributed by atoms with Crippen LogP contribution in [-0.2, 0) is 0 Å². The summed E-state index contributed by atoms with van der Waals surface area (Å²) in [5.41, 5.74) is 17.9. The number of fused-ring (bicyclic) bond motifs is 7. The Morgan fingerprint density at radius 2 is 0.746 bits per heavy atom. The molecule has 0 aliphatic heterocycles. The Balaban J connectivity index is 0.838. The monoisotopic (exact) mass is 854 g/mol. The van der Waals surface area contributed by atoms with E-state index >= 15 is 0 Å². The summed E-state index contributed by atoms with van der Waals surface area (Å²) >= 11 is 0. The van der Waals surface area contributed by atoms with Crippen LogP contribution in [0.1, 0.15) is 0 Å². The van der Waals surface area contributed by atoms with Crippen LogP contribution in [0.5, 0.6) is 0 Å². The Bertz CT molecular complexity index is 3920. The van der Waals surface area contributed by atoms with Gasteiger partial charge in [0.15, 0.2) is 0 Å². The van der Waals surface area contributed by atoms with Gasteiger partial charge in [0, 0.05) is 44.3 Å². The van der Waals surface area contributed by atoms with Crippen molar-refractivity contribution in [1.29, 1.82) is 0 Å². The summed E-state index contributed by atoms with van der Waals surface area (Å²) in [7, 11) is 0. The minimum Gasteiger partial charge on any atom is -0.456 e. The molecular weight excluding hydrogens is 813 g/mol. The molecule has 0 atom stereocenters. The zero-order valence-electron chi connectivity index (χ0n) is 36.6. The third kappa shape index (κ3) is 6.84.